The van der Waals surface area contributed by atoms with E-state index in [4.69, 9.17) is 59.8 Å². The van der Waals surface area contributed by atoms with Gasteiger partial charge in [0.1, 0.15) is 0 Å². The number of fused-ring (bicyclic) bond motifs is 6. The van der Waals surface area contributed by atoms with Crippen molar-refractivity contribution in [1.29, 1.82) is 0 Å². The summed E-state index contributed by atoms with van der Waals surface area (Å²) in [6.07, 6.45) is 0. The van der Waals surface area contributed by atoms with Crippen LogP contribution in [-0.2, 0) is 0 Å². The van der Waals surface area contributed by atoms with E-state index in [1.807, 2.05) is 48.5 Å². The molecule has 0 N–H and O–H groups in total. The van der Waals surface area contributed by atoms with Gasteiger partial charge in [-0.3, -0.25) is 0 Å². The zero-order valence-corrected chi connectivity index (χ0v) is 74.3. The Kier molecular flexibility index (Phi) is 22.0. The van der Waals surface area contributed by atoms with E-state index in [1.54, 1.807) is 0 Å². The van der Waals surface area contributed by atoms with Gasteiger partial charge in [-0.15, -0.1) is 0 Å². The predicted octanol–water partition coefficient (Wildman–Crippen LogP) is 29.9. The highest BCUT2D eigenvalue weighted by atomic mass is 15.1. The molecule has 0 aliphatic carbocycles. The molecule has 22 rings (SSSR count). The molecule has 0 saturated heterocycles. The van der Waals surface area contributed by atoms with Crippen molar-refractivity contribution in [3.8, 4) is 181 Å². The van der Waals surface area contributed by atoms with Crippen molar-refractivity contribution < 1.29 is 0 Å². The molecule has 18 aromatic carbocycles. The molecule has 0 aliphatic heterocycles. The lowest BCUT2D eigenvalue weighted by molar-refractivity contribution is 1.07. The Morgan fingerprint density at radius 2 is 0.280 bits per heavy atom. The lowest BCUT2D eigenvalue weighted by atomic mass is 9.91. The summed E-state index contributed by atoms with van der Waals surface area (Å²) in [4.78, 5) is 60.6. The summed E-state index contributed by atoms with van der Waals surface area (Å²) in [5.74, 6) is 7.75. The van der Waals surface area contributed by atoms with Crippen LogP contribution in [0.15, 0.2) is 388 Å². The Balaban J connectivity index is 0.000000159. The van der Waals surface area contributed by atoms with Crippen molar-refractivity contribution in [3.05, 3.63) is 433 Å². The fourth-order valence-electron chi connectivity index (χ4n) is 17.7. The molecule has 0 amide bonds. The molecule has 132 heavy (non-hydrogen) atoms. The van der Waals surface area contributed by atoms with Crippen LogP contribution in [0.5, 0.6) is 0 Å². The van der Waals surface area contributed by atoms with Crippen LogP contribution in [0.1, 0.15) is 44.5 Å². The molecule has 4 aromatic heterocycles. The number of hydrogen-bond acceptors (Lipinski definition) is 12. The molecule has 0 unspecified atom stereocenters. The third-order valence-corrected chi connectivity index (χ3v) is 24.9. The molecule has 0 fully saturated rings. The number of nitrogens with zero attached hydrogens (tertiary/aromatic N) is 12. The molecule has 0 radical (unpaired) electrons. The Bertz CT molecular complexity index is 7490. The first-order valence-electron chi connectivity index (χ1n) is 44.5. The molecule has 12 nitrogen and oxygen atoms in total. The van der Waals surface area contributed by atoms with E-state index in [0.29, 0.717) is 69.9 Å². The first-order valence-corrected chi connectivity index (χ1v) is 44.5. The zero-order valence-electron chi connectivity index (χ0n) is 74.3. The SMILES string of the molecule is Cc1ccc(-c2nc(-c3ccc(C)cc3)nc(-c3cccc(-c4cccc5c4ccc4c(-c6cccc(-c7nc(-c8ccc(C)cc8)nc(-c8ccc(C)cc8)n7)c6)cccc45)c3)n2)cc1.Cc1ccccc1-c1nc(-c2cccc(-c3cccc4c3ccc3c(-c5cccc(-c6nc(-c7ccccc7C)nc(-c7ccccc7C)n6)c5)cccc34)c2)nc(-c2ccccc2C)n1. The van der Waals surface area contributed by atoms with Crippen molar-refractivity contribution in [2.24, 2.45) is 0 Å². The Morgan fingerprint density at radius 3 is 0.492 bits per heavy atom. The third kappa shape index (κ3) is 16.5. The second-order valence-electron chi connectivity index (χ2n) is 34.0. The van der Waals surface area contributed by atoms with Crippen LogP contribution in [0.4, 0.5) is 0 Å². The lowest BCUT2D eigenvalue weighted by Gasteiger charge is -2.14. The Labute approximate surface area is 767 Å². The topological polar surface area (TPSA) is 155 Å². The first-order chi connectivity index (χ1) is 64.6. The minimum absolute atomic E-state index is 0.630. The fourth-order valence-corrected chi connectivity index (χ4v) is 17.7. The maximum absolute atomic E-state index is 5.10. The fraction of sp³-hybridized carbons (Fsp3) is 0.0667. The van der Waals surface area contributed by atoms with Crippen molar-refractivity contribution in [2.45, 2.75) is 55.4 Å². The average molecular weight is 1700 g/mol. The van der Waals surface area contributed by atoms with Crippen LogP contribution in [0.2, 0.25) is 0 Å². The van der Waals surface area contributed by atoms with Crippen molar-refractivity contribution in [3.63, 3.8) is 0 Å². The van der Waals surface area contributed by atoms with Gasteiger partial charge in [0, 0.05) is 66.8 Å². The van der Waals surface area contributed by atoms with Gasteiger partial charge in [0.05, 0.1) is 0 Å². The van der Waals surface area contributed by atoms with E-state index < -0.39 is 0 Å². The smallest absolute Gasteiger partial charge is 0.164 e. The van der Waals surface area contributed by atoms with Gasteiger partial charge in [0.15, 0.2) is 69.9 Å². The van der Waals surface area contributed by atoms with Gasteiger partial charge in [-0.1, -0.05) is 386 Å². The van der Waals surface area contributed by atoms with Gasteiger partial charge in [0.25, 0.3) is 0 Å². The number of hydrogen-bond donors (Lipinski definition) is 0. The van der Waals surface area contributed by atoms with E-state index in [2.05, 4.69) is 395 Å². The van der Waals surface area contributed by atoms with Crippen LogP contribution < -0.4 is 0 Å². The summed E-state index contributed by atoms with van der Waals surface area (Å²) in [5, 5.41) is 9.40. The van der Waals surface area contributed by atoms with Crippen LogP contribution >= 0.6 is 0 Å². The van der Waals surface area contributed by atoms with Gasteiger partial charge in [-0.25, -0.2) is 59.8 Å². The van der Waals surface area contributed by atoms with E-state index in [9.17, 15) is 0 Å². The van der Waals surface area contributed by atoms with Crippen LogP contribution in [-0.4, -0.2) is 59.8 Å². The Morgan fingerprint density at radius 1 is 0.114 bits per heavy atom. The van der Waals surface area contributed by atoms with E-state index >= 15 is 0 Å². The van der Waals surface area contributed by atoms with Gasteiger partial charge < -0.3 is 0 Å². The molecular formula is C120H88N12. The molecule has 0 aliphatic rings. The molecule has 4 heterocycles. The normalized spacial score (nSPS) is 11.3. The number of benzene rings is 18. The monoisotopic (exact) mass is 1700 g/mol. The number of rotatable bonds is 16. The summed E-state index contributed by atoms with van der Waals surface area (Å²) in [6.45, 7) is 16.7. The third-order valence-electron chi connectivity index (χ3n) is 24.9. The van der Waals surface area contributed by atoms with Gasteiger partial charge in [-0.05, 0) is 190 Å². The van der Waals surface area contributed by atoms with E-state index in [-0.39, 0.29) is 0 Å². The second-order valence-corrected chi connectivity index (χ2v) is 34.0. The maximum atomic E-state index is 5.10. The molecule has 628 valence electrons. The quantitative estimate of drug-likeness (QED) is 0.0846. The summed E-state index contributed by atoms with van der Waals surface area (Å²) < 4.78 is 0. The molecule has 12 heteroatoms. The zero-order chi connectivity index (χ0) is 89.5. The van der Waals surface area contributed by atoms with Crippen molar-refractivity contribution >= 4 is 43.1 Å². The summed E-state index contributed by atoms with van der Waals surface area (Å²) in [6, 6.07) is 136. The molecular weight excluding hydrogens is 1610 g/mol. The molecule has 22 aromatic rings. The highest BCUT2D eigenvalue weighted by molar-refractivity contribution is 6.17. The molecule has 0 bridgehead atoms. The van der Waals surface area contributed by atoms with Crippen LogP contribution in [0, 0.1) is 55.4 Å². The highest BCUT2D eigenvalue weighted by Gasteiger charge is 2.23. The first kappa shape index (κ1) is 82.0. The van der Waals surface area contributed by atoms with Crippen molar-refractivity contribution in [1.82, 2.24) is 59.8 Å². The molecule has 0 spiro atoms. The predicted molar refractivity (Wildman–Crippen MR) is 541 cm³/mol. The lowest BCUT2D eigenvalue weighted by Crippen LogP contribution is -2.02. The maximum Gasteiger partial charge on any atom is 0.164 e. The largest absolute Gasteiger partial charge is 0.208 e. The van der Waals surface area contributed by atoms with Crippen molar-refractivity contribution in [2.75, 3.05) is 0 Å². The number of aryl methyl sites for hydroxylation is 8. The summed E-state index contributed by atoms with van der Waals surface area (Å²) in [7, 11) is 0. The Hall–Kier alpha value is -17.0. The summed E-state index contributed by atoms with van der Waals surface area (Å²) >= 11 is 0. The second kappa shape index (κ2) is 35.3. The average Bonchev–Trinajstić information content (AvgIpc) is 0.748. The van der Waals surface area contributed by atoms with E-state index in [0.717, 1.165) is 134 Å². The minimum Gasteiger partial charge on any atom is -0.208 e. The molecule has 0 atom stereocenters. The van der Waals surface area contributed by atoms with Crippen LogP contribution in [0.25, 0.3) is 224 Å². The molecule has 0 saturated carbocycles. The van der Waals surface area contributed by atoms with Gasteiger partial charge in [-0.2, -0.15) is 0 Å². The minimum atomic E-state index is 0.630. The van der Waals surface area contributed by atoms with Gasteiger partial charge >= 0.3 is 0 Å². The van der Waals surface area contributed by atoms with Gasteiger partial charge in [0.2, 0.25) is 0 Å². The van der Waals surface area contributed by atoms with Crippen LogP contribution in [0.3, 0.4) is 0 Å². The highest BCUT2D eigenvalue weighted by Crippen LogP contribution is 2.44. The summed E-state index contributed by atoms with van der Waals surface area (Å²) in [5.41, 5.74) is 29.5. The standard InChI is InChI=1S/2C60H44N6/c1-37-17-5-9-25-45(37)57-61-55(62-58(65-57)46-26-10-6-18-38(46)2)43-23-13-21-41(35-43)49-29-15-31-51-52-32-16-30-50(54(52)34-33-53(49)51)42-22-14-24-44(36-42)56-63-59(47-27-11-7-19-39(47)3)66-60(64-56)48-28-12-8-20-40(48)4;1-37-17-25-41(26-18-37)55-61-56(42-27-19-38(2)20-28-42)64-59(63-55)47-11-5-9-45(35-47)49-13-7-15-51-52-16-8-14-50(54(52)34-33-53(49)51)46-10-6-12-48(36-46)60-65-57(43-29-21-39(3)22-30-43)62-58(66-60)44-31-23-40(4)24-32-44/h2*5-36H,1-4H3. The van der Waals surface area contributed by atoms with E-state index in [1.165, 1.54) is 65.3 Å². The number of aromatic nitrogens is 12.